The SMILES string of the molecule is C=C(C)C[N+]1(C)CC[C@@]23C=C[C@H](O)C[C@@H]2Oc2c(OC)ccc(c23)C1.[Cl-]. The van der Waals surface area contributed by atoms with E-state index in [0.717, 1.165) is 42.0 Å². The Labute approximate surface area is 162 Å². The van der Waals surface area contributed by atoms with E-state index in [1.54, 1.807) is 7.11 Å². The highest BCUT2D eigenvalue weighted by Gasteiger charge is 2.54. The normalized spacial score (nSPS) is 34.0. The van der Waals surface area contributed by atoms with E-state index in [0.29, 0.717) is 6.42 Å². The fraction of sp³-hybridized carbons (Fsp3) is 0.524. The van der Waals surface area contributed by atoms with Crippen molar-refractivity contribution in [2.75, 3.05) is 27.2 Å². The standard InChI is InChI=1S/C21H28NO3.ClH/c1-14(2)12-22(3)10-9-21-8-7-16(23)11-18(21)25-20-17(24-4)6-5-15(13-22)19(20)21;/h5-8,16,18,23H,1,9-13H2,2-4H3;1H/q+1;/p-1/t16-,18-,21-,22?;/m0./s1. The van der Waals surface area contributed by atoms with Crippen LogP contribution in [-0.2, 0) is 12.0 Å². The molecule has 1 N–H and O–H groups in total. The van der Waals surface area contributed by atoms with E-state index in [9.17, 15) is 5.11 Å². The van der Waals surface area contributed by atoms with Gasteiger partial charge in [-0.3, -0.25) is 0 Å². The molecule has 0 saturated heterocycles. The van der Waals surface area contributed by atoms with Gasteiger partial charge in [-0.2, -0.15) is 0 Å². The molecule has 0 radical (unpaired) electrons. The van der Waals surface area contributed by atoms with Crippen LogP contribution in [0.4, 0.5) is 0 Å². The van der Waals surface area contributed by atoms with E-state index in [2.05, 4.69) is 32.7 Å². The summed E-state index contributed by atoms with van der Waals surface area (Å²) in [5, 5.41) is 10.1. The molecule has 1 aliphatic carbocycles. The highest BCUT2D eigenvalue weighted by Crippen LogP contribution is 2.56. The van der Waals surface area contributed by atoms with Gasteiger partial charge in [0.2, 0.25) is 0 Å². The number of ether oxygens (including phenoxy) is 2. The molecule has 5 heteroatoms. The van der Waals surface area contributed by atoms with E-state index in [1.165, 1.54) is 16.7 Å². The third kappa shape index (κ3) is 2.84. The van der Waals surface area contributed by atoms with Crippen LogP contribution in [0.25, 0.3) is 0 Å². The second-order valence-corrected chi connectivity index (χ2v) is 8.31. The average Bonchev–Trinajstić information content (AvgIpc) is 2.81. The van der Waals surface area contributed by atoms with Crippen LogP contribution in [0, 0.1) is 0 Å². The van der Waals surface area contributed by atoms with Crippen molar-refractivity contribution in [1.29, 1.82) is 0 Å². The second-order valence-electron chi connectivity index (χ2n) is 8.31. The summed E-state index contributed by atoms with van der Waals surface area (Å²) in [6.45, 7) is 9.26. The van der Waals surface area contributed by atoms with Crippen molar-refractivity contribution in [3.8, 4) is 11.5 Å². The molecule has 1 aromatic rings. The lowest BCUT2D eigenvalue weighted by Crippen LogP contribution is -3.00. The summed E-state index contributed by atoms with van der Waals surface area (Å²) in [6, 6.07) is 4.22. The summed E-state index contributed by atoms with van der Waals surface area (Å²) in [6.07, 6.45) is 5.35. The summed E-state index contributed by atoms with van der Waals surface area (Å²) >= 11 is 0. The van der Waals surface area contributed by atoms with E-state index in [-0.39, 0.29) is 23.9 Å². The van der Waals surface area contributed by atoms with E-state index >= 15 is 0 Å². The molecule has 0 aromatic heterocycles. The van der Waals surface area contributed by atoms with Gasteiger partial charge in [-0.05, 0) is 24.6 Å². The lowest BCUT2D eigenvalue weighted by molar-refractivity contribution is -0.918. The predicted octanol–water partition coefficient (Wildman–Crippen LogP) is -0.0548. The summed E-state index contributed by atoms with van der Waals surface area (Å²) in [5.41, 5.74) is 3.68. The Morgan fingerprint density at radius 3 is 2.92 bits per heavy atom. The lowest BCUT2D eigenvalue weighted by atomic mass is 9.69. The molecule has 0 fully saturated rings. The Morgan fingerprint density at radius 2 is 2.23 bits per heavy atom. The first kappa shape index (κ1) is 19.3. The van der Waals surface area contributed by atoms with Gasteiger partial charge in [0.15, 0.2) is 11.5 Å². The van der Waals surface area contributed by atoms with Crippen molar-refractivity contribution in [3.63, 3.8) is 0 Å². The van der Waals surface area contributed by atoms with Crippen molar-refractivity contribution in [2.45, 2.75) is 43.9 Å². The van der Waals surface area contributed by atoms with E-state index in [4.69, 9.17) is 9.47 Å². The number of methoxy groups -OCH3 is 1. The number of halogens is 1. The zero-order valence-electron chi connectivity index (χ0n) is 15.8. The Kier molecular flexibility index (Phi) is 4.89. The Hall–Kier alpha value is -1.49. The zero-order chi connectivity index (χ0) is 17.8. The lowest BCUT2D eigenvalue weighted by Gasteiger charge is -2.37. The van der Waals surface area contributed by atoms with Gasteiger partial charge in [-0.15, -0.1) is 0 Å². The minimum atomic E-state index is -0.432. The number of nitrogens with zero attached hydrogens (tertiary/aromatic N) is 1. The first-order valence-corrected chi connectivity index (χ1v) is 9.09. The maximum absolute atomic E-state index is 10.1. The molecule has 4 atom stereocenters. The number of hydrogen-bond acceptors (Lipinski definition) is 3. The molecule has 0 bridgehead atoms. The van der Waals surface area contributed by atoms with Gasteiger partial charge in [0, 0.05) is 24.0 Å². The van der Waals surface area contributed by atoms with Gasteiger partial charge in [0.1, 0.15) is 12.6 Å². The third-order valence-corrected chi connectivity index (χ3v) is 6.07. The monoisotopic (exact) mass is 377 g/mol. The predicted molar refractivity (Wildman–Crippen MR) is 97.9 cm³/mol. The van der Waals surface area contributed by atoms with Gasteiger partial charge >= 0.3 is 0 Å². The number of aliphatic hydroxyl groups excluding tert-OH is 1. The Balaban J connectivity index is 0.00000196. The minimum Gasteiger partial charge on any atom is -1.00 e. The molecule has 2 aliphatic heterocycles. The topological polar surface area (TPSA) is 38.7 Å². The fourth-order valence-electron chi connectivity index (χ4n) is 5.06. The van der Waals surface area contributed by atoms with E-state index < -0.39 is 6.10 Å². The molecular weight excluding hydrogens is 350 g/mol. The van der Waals surface area contributed by atoms with Crippen LogP contribution in [-0.4, -0.2) is 49.0 Å². The Bertz CT molecular complexity index is 762. The van der Waals surface area contributed by atoms with Crippen molar-refractivity contribution in [1.82, 2.24) is 0 Å². The van der Waals surface area contributed by atoms with Crippen LogP contribution >= 0.6 is 0 Å². The molecule has 3 aliphatic rings. The third-order valence-electron chi connectivity index (χ3n) is 6.07. The summed E-state index contributed by atoms with van der Waals surface area (Å²) < 4.78 is 12.9. The van der Waals surface area contributed by atoms with Crippen molar-refractivity contribution in [3.05, 3.63) is 47.6 Å². The minimum absolute atomic E-state index is 0. The molecule has 1 spiro atoms. The smallest absolute Gasteiger partial charge is 0.166 e. The number of hydrogen-bond donors (Lipinski definition) is 1. The summed E-state index contributed by atoms with van der Waals surface area (Å²) in [4.78, 5) is 0. The van der Waals surface area contributed by atoms with Gasteiger partial charge in [-0.1, -0.05) is 18.7 Å². The molecule has 4 rings (SSSR count). The van der Waals surface area contributed by atoms with Gasteiger partial charge in [0.05, 0.1) is 38.8 Å². The highest BCUT2D eigenvalue weighted by atomic mass is 35.5. The van der Waals surface area contributed by atoms with Crippen molar-refractivity contribution in [2.24, 2.45) is 0 Å². The van der Waals surface area contributed by atoms with Crippen LogP contribution in [0.3, 0.4) is 0 Å². The number of quaternary nitrogens is 1. The highest BCUT2D eigenvalue weighted by molar-refractivity contribution is 5.60. The first-order chi connectivity index (χ1) is 11.9. The first-order valence-electron chi connectivity index (χ1n) is 9.09. The Morgan fingerprint density at radius 1 is 1.46 bits per heavy atom. The zero-order valence-corrected chi connectivity index (χ0v) is 16.6. The molecule has 0 saturated carbocycles. The van der Waals surface area contributed by atoms with Crippen LogP contribution in [0.2, 0.25) is 0 Å². The average molecular weight is 378 g/mol. The maximum Gasteiger partial charge on any atom is 0.166 e. The molecule has 142 valence electrons. The quantitative estimate of drug-likeness (QED) is 0.593. The van der Waals surface area contributed by atoms with E-state index in [1.807, 2.05) is 12.1 Å². The van der Waals surface area contributed by atoms with Crippen LogP contribution < -0.4 is 21.9 Å². The molecule has 1 unspecified atom stereocenters. The maximum atomic E-state index is 10.1. The van der Waals surface area contributed by atoms with Gasteiger partial charge in [-0.25, -0.2) is 0 Å². The van der Waals surface area contributed by atoms with Crippen molar-refractivity contribution >= 4 is 0 Å². The number of benzene rings is 1. The molecule has 1 aromatic carbocycles. The summed E-state index contributed by atoms with van der Waals surface area (Å²) in [5.74, 6) is 1.68. The van der Waals surface area contributed by atoms with Crippen LogP contribution in [0.1, 0.15) is 30.9 Å². The molecule has 2 heterocycles. The summed E-state index contributed by atoms with van der Waals surface area (Å²) in [7, 11) is 4.01. The second kappa shape index (κ2) is 6.59. The molecular formula is C21H28ClNO3. The van der Waals surface area contributed by atoms with Crippen molar-refractivity contribution < 1.29 is 31.5 Å². The fourth-order valence-corrected chi connectivity index (χ4v) is 5.06. The van der Waals surface area contributed by atoms with Gasteiger partial charge < -0.3 is 31.5 Å². The number of likely N-dealkylation sites (N-methyl/N-ethyl adjacent to an activating group) is 1. The van der Waals surface area contributed by atoms with Gasteiger partial charge in [0.25, 0.3) is 0 Å². The van der Waals surface area contributed by atoms with Crippen LogP contribution in [0.15, 0.2) is 36.4 Å². The molecule has 0 amide bonds. The molecule has 26 heavy (non-hydrogen) atoms. The largest absolute Gasteiger partial charge is 1.00 e. The number of aliphatic hydroxyl groups is 1. The number of rotatable bonds is 3. The van der Waals surface area contributed by atoms with Crippen LogP contribution in [0.5, 0.6) is 11.5 Å². The molecule has 4 nitrogen and oxygen atoms in total.